The van der Waals surface area contributed by atoms with Gasteiger partial charge in [-0.15, -0.1) is 0 Å². The van der Waals surface area contributed by atoms with Crippen molar-refractivity contribution >= 4 is 35.6 Å². The molecular formula is C19H33N5O9. The maximum Gasteiger partial charge on any atom is 0.326 e. The third-order valence-corrected chi connectivity index (χ3v) is 4.61. The van der Waals surface area contributed by atoms with Gasteiger partial charge in [0.15, 0.2) is 0 Å². The Bertz CT molecular complexity index is 741. The van der Waals surface area contributed by atoms with Gasteiger partial charge in [0.1, 0.15) is 18.1 Å². The first-order valence-electron chi connectivity index (χ1n) is 10.2. The summed E-state index contributed by atoms with van der Waals surface area (Å²) in [7, 11) is 0. The molecule has 0 aliphatic rings. The lowest BCUT2D eigenvalue weighted by Gasteiger charge is -2.27. The molecule has 0 aliphatic heterocycles. The number of carboxylic acid groups (broad SMARTS) is 2. The highest BCUT2D eigenvalue weighted by Crippen LogP contribution is 2.06. The fourth-order valence-corrected chi connectivity index (χ4v) is 2.66. The Hall–Kier alpha value is -3.26. The van der Waals surface area contributed by atoms with E-state index < -0.39 is 78.2 Å². The predicted octanol–water partition coefficient (Wildman–Crippen LogP) is -2.98. The Morgan fingerprint density at radius 1 is 0.788 bits per heavy atom. The van der Waals surface area contributed by atoms with Crippen molar-refractivity contribution in [1.29, 1.82) is 0 Å². The molecule has 0 aliphatic carbocycles. The number of carbonyl (C=O) groups is 6. The van der Waals surface area contributed by atoms with Gasteiger partial charge in [-0.1, -0.05) is 13.8 Å². The van der Waals surface area contributed by atoms with Crippen LogP contribution in [0, 0.1) is 5.92 Å². The zero-order valence-electron chi connectivity index (χ0n) is 18.7. The largest absolute Gasteiger partial charge is 0.481 e. The number of carbonyl (C=O) groups excluding carboxylic acids is 4. The maximum atomic E-state index is 12.7. The molecule has 0 saturated carbocycles. The van der Waals surface area contributed by atoms with E-state index >= 15 is 0 Å². The van der Waals surface area contributed by atoms with E-state index in [-0.39, 0.29) is 19.3 Å². The van der Waals surface area contributed by atoms with Crippen molar-refractivity contribution in [1.82, 2.24) is 16.0 Å². The van der Waals surface area contributed by atoms with Crippen LogP contribution in [-0.4, -0.2) is 81.2 Å². The quantitative estimate of drug-likeness (QED) is 0.119. The Balaban J connectivity index is 5.46. The standard InChI is InChI=1S/C19H33N5O9/c1-8(2)14(19(32)33)23-18(31)15(9(3)25)24-17(30)11(5-7-13(27)28)22-16(29)10(20)4-6-12(21)26/h8-11,14-15,25H,4-7,20H2,1-3H3,(H2,21,26)(H,22,29)(H,23,31)(H,24,30)(H,27,28)(H,32,33). The lowest BCUT2D eigenvalue weighted by molar-refractivity contribution is -0.144. The van der Waals surface area contributed by atoms with Crippen molar-refractivity contribution in [3.63, 3.8) is 0 Å². The molecule has 0 aromatic rings. The summed E-state index contributed by atoms with van der Waals surface area (Å²) >= 11 is 0. The highest BCUT2D eigenvalue weighted by Gasteiger charge is 2.33. The van der Waals surface area contributed by atoms with E-state index in [1.54, 1.807) is 13.8 Å². The predicted molar refractivity (Wildman–Crippen MR) is 113 cm³/mol. The third-order valence-electron chi connectivity index (χ3n) is 4.61. The normalized spacial score (nSPS) is 15.5. The second kappa shape index (κ2) is 14.0. The Labute approximate surface area is 190 Å². The molecule has 0 aromatic carbocycles. The second-order valence-corrected chi connectivity index (χ2v) is 7.90. The fourth-order valence-electron chi connectivity index (χ4n) is 2.66. The number of amides is 4. The van der Waals surface area contributed by atoms with Crippen LogP contribution in [0.1, 0.15) is 46.5 Å². The number of rotatable bonds is 15. The van der Waals surface area contributed by atoms with Gasteiger partial charge in [-0.25, -0.2) is 4.79 Å². The molecular weight excluding hydrogens is 442 g/mol. The van der Waals surface area contributed by atoms with Gasteiger partial charge in [0.25, 0.3) is 0 Å². The summed E-state index contributed by atoms with van der Waals surface area (Å²) in [6.45, 7) is 4.28. The topological polar surface area (TPSA) is 251 Å². The number of hydrogen-bond acceptors (Lipinski definition) is 8. The van der Waals surface area contributed by atoms with E-state index in [1.807, 2.05) is 0 Å². The van der Waals surface area contributed by atoms with Gasteiger partial charge in [0, 0.05) is 12.8 Å². The van der Waals surface area contributed by atoms with Crippen molar-refractivity contribution in [3.8, 4) is 0 Å². The Kier molecular flexibility index (Phi) is 12.6. The van der Waals surface area contributed by atoms with E-state index in [2.05, 4.69) is 16.0 Å². The Morgan fingerprint density at radius 3 is 1.76 bits per heavy atom. The van der Waals surface area contributed by atoms with Gasteiger partial charge >= 0.3 is 11.9 Å². The minimum atomic E-state index is -1.59. The molecule has 0 fully saturated rings. The second-order valence-electron chi connectivity index (χ2n) is 7.90. The van der Waals surface area contributed by atoms with Gasteiger partial charge in [0.2, 0.25) is 23.6 Å². The minimum absolute atomic E-state index is 0.112. The van der Waals surface area contributed by atoms with E-state index in [0.29, 0.717) is 0 Å². The first kappa shape index (κ1) is 29.7. The SMILES string of the molecule is CC(C)C(NC(=O)C(NC(=O)C(CCC(=O)O)NC(=O)C(N)CCC(N)=O)C(C)O)C(=O)O. The molecule has 14 nitrogen and oxygen atoms in total. The molecule has 14 heteroatoms. The molecule has 10 N–H and O–H groups in total. The van der Waals surface area contributed by atoms with Crippen LogP contribution in [0.4, 0.5) is 0 Å². The zero-order chi connectivity index (χ0) is 25.9. The van der Waals surface area contributed by atoms with E-state index in [9.17, 15) is 39.0 Å². The van der Waals surface area contributed by atoms with Gasteiger partial charge in [0.05, 0.1) is 12.1 Å². The number of hydrogen-bond donors (Lipinski definition) is 8. The van der Waals surface area contributed by atoms with E-state index in [4.69, 9.17) is 16.6 Å². The summed E-state index contributed by atoms with van der Waals surface area (Å²) in [5.41, 5.74) is 10.7. The van der Waals surface area contributed by atoms with Crippen LogP contribution in [0.5, 0.6) is 0 Å². The third kappa shape index (κ3) is 11.2. The summed E-state index contributed by atoms with van der Waals surface area (Å²) in [4.78, 5) is 70.6. The van der Waals surface area contributed by atoms with Crippen molar-refractivity contribution in [2.75, 3.05) is 0 Å². The monoisotopic (exact) mass is 475 g/mol. The Morgan fingerprint density at radius 2 is 1.33 bits per heavy atom. The van der Waals surface area contributed by atoms with E-state index in [0.717, 1.165) is 0 Å². The van der Waals surface area contributed by atoms with Gasteiger partial charge in [-0.2, -0.15) is 0 Å². The van der Waals surface area contributed by atoms with Gasteiger partial charge < -0.3 is 42.7 Å². The molecule has 0 heterocycles. The lowest BCUT2D eigenvalue weighted by atomic mass is 10.0. The fraction of sp³-hybridized carbons (Fsp3) is 0.684. The maximum absolute atomic E-state index is 12.7. The number of aliphatic hydroxyl groups is 1. The molecule has 0 radical (unpaired) electrons. The average Bonchev–Trinajstić information content (AvgIpc) is 2.69. The molecule has 0 saturated heterocycles. The van der Waals surface area contributed by atoms with Crippen LogP contribution in [0.15, 0.2) is 0 Å². The molecule has 5 unspecified atom stereocenters. The molecule has 0 rings (SSSR count). The van der Waals surface area contributed by atoms with Crippen molar-refractivity contribution < 1.29 is 44.1 Å². The van der Waals surface area contributed by atoms with Crippen molar-refractivity contribution in [3.05, 3.63) is 0 Å². The zero-order valence-corrected chi connectivity index (χ0v) is 18.7. The van der Waals surface area contributed by atoms with Crippen molar-refractivity contribution in [2.24, 2.45) is 17.4 Å². The van der Waals surface area contributed by atoms with Gasteiger partial charge in [-0.3, -0.25) is 24.0 Å². The number of aliphatic hydroxyl groups excluding tert-OH is 1. The summed E-state index contributed by atoms with van der Waals surface area (Å²) in [6, 6.07) is -5.54. The number of carboxylic acids is 2. The van der Waals surface area contributed by atoms with Crippen LogP contribution in [0.25, 0.3) is 0 Å². The lowest BCUT2D eigenvalue weighted by Crippen LogP contribution is -2.60. The average molecular weight is 475 g/mol. The van der Waals surface area contributed by atoms with Crippen LogP contribution >= 0.6 is 0 Å². The summed E-state index contributed by atoms with van der Waals surface area (Å²) in [6.07, 6.45) is -2.64. The van der Waals surface area contributed by atoms with E-state index in [1.165, 1.54) is 6.92 Å². The van der Waals surface area contributed by atoms with Crippen LogP contribution in [0.2, 0.25) is 0 Å². The minimum Gasteiger partial charge on any atom is -0.481 e. The molecule has 0 bridgehead atoms. The molecule has 0 spiro atoms. The molecule has 5 atom stereocenters. The number of nitrogens with two attached hydrogens (primary N) is 2. The number of aliphatic carboxylic acids is 2. The van der Waals surface area contributed by atoms with Gasteiger partial charge in [-0.05, 0) is 25.7 Å². The number of primary amides is 1. The smallest absolute Gasteiger partial charge is 0.326 e. The first-order valence-corrected chi connectivity index (χ1v) is 10.2. The summed E-state index contributed by atoms with van der Waals surface area (Å²) in [5, 5.41) is 34.8. The molecule has 33 heavy (non-hydrogen) atoms. The summed E-state index contributed by atoms with van der Waals surface area (Å²) < 4.78 is 0. The molecule has 188 valence electrons. The van der Waals surface area contributed by atoms with Crippen LogP contribution in [0.3, 0.4) is 0 Å². The highest BCUT2D eigenvalue weighted by atomic mass is 16.4. The molecule has 4 amide bonds. The van der Waals surface area contributed by atoms with Crippen molar-refractivity contribution in [2.45, 2.75) is 76.7 Å². The summed E-state index contributed by atoms with van der Waals surface area (Å²) in [5.74, 6) is -6.60. The molecule has 0 aromatic heterocycles. The number of nitrogens with one attached hydrogen (secondary N) is 3. The first-order chi connectivity index (χ1) is 15.2. The van der Waals surface area contributed by atoms with Crippen LogP contribution < -0.4 is 27.4 Å². The highest BCUT2D eigenvalue weighted by molar-refractivity contribution is 5.94. The van der Waals surface area contributed by atoms with Crippen LogP contribution in [-0.2, 0) is 28.8 Å².